The van der Waals surface area contributed by atoms with Crippen LogP contribution in [0.2, 0.25) is 0 Å². The summed E-state index contributed by atoms with van der Waals surface area (Å²) >= 11 is 0. The Kier molecular flexibility index (Phi) is 7.06. The van der Waals surface area contributed by atoms with E-state index in [9.17, 15) is 22.8 Å². The third-order valence-corrected chi connectivity index (χ3v) is 6.56. The first-order chi connectivity index (χ1) is 16.2. The molecule has 4 rings (SSSR count). The van der Waals surface area contributed by atoms with Crippen molar-refractivity contribution in [1.82, 2.24) is 20.5 Å². The summed E-state index contributed by atoms with van der Waals surface area (Å²) in [6, 6.07) is 10.4. The van der Waals surface area contributed by atoms with E-state index in [-0.39, 0.29) is 24.1 Å². The van der Waals surface area contributed by atoms with Crippen LogP contribution >= 0.6 is 0 Å². The summed E-state index contributed by atoms with van der Waals surface area (Å²) in [5.74, 6) is -0.103. The SMILES string of the molecule is Nc1cccc([C@H]2CC[C@@H](N3CC(NC(=O)CNC(=O)c4cccc(C(F)(F)F)c4)C3)CC2)n1. The van der Waals surface area contributed by atoms with Crippen LogP contribution in [-0.4, -0.2) is 53.4 Å². The molecule has 0 atom stereocenters. The van der Waals surface area contributed by atoms with Crippen LogP contribution in [0.1, 0.15) is 53.2 Å². The zero-order chi connectivity index (χ0) is 24.3. The highest BCUT2D eigenvalue weighted by molar-refractivity contribution is 5.96. The number of pyridine rings is 1. The molecule has 1 aromatic carbocycles. The Balaban J connectivity index is 1.16. The fourth-order valence-corrected chi connectivity index (χ4v) is 4.71. The minimum atomic E-state index is -4.53. The first-order valence-corrected chi connectivity index (χ1v) is 11.4. The zero-order valence-electron chi connectivity index (χ0n) is 18.6. The van der Waals surface area contributed by atoms with Crippen LogP contribution in [-0.2, 0) is 11.0 Å². The van der Waals surface area contributed by atoms with Crippen molar-refractivity contribution < 1.29 is 22.8 Å². The van der Waals surface area contributed by atoms with E-state index in [1.54, 1.807) is 6.07 Å². The van der Waals surface area contributed by atoms with E-state index in [2.05, 4.69) is 20.5 Å². The predicted molar refractivity (Wildman–Crippen MR) is 121 cm³/mol. The quantitative estimate of drug-likeness (QED) is 0.597. The summed E-state index contributed by atoms with van der Waals surface area (Å²) in [5.41, 5.74) is 5.81. The fraction of sp³-hybridized carbons (Fsp3) is 0.458. The van der Waals surface area contributed by atoms with Crippen LogP contribution in [0.4, 0.5) is 19.0 Å². The number of benzene rings is 1. The summed E-state index contributed by atoms with van der Waals surface area (Å²) in [6.45, 7) is 1.21. The molecule has 0 unspecified atom stereocenters. The van der Waals surface area contributed by atoms with Crippen molar-refractivity contribution in [2.24, 2.45) is 0 Å². The van der Waals surface area contributed by atoms with Gasteiger partial charge in [0.15, 0.2) is 0 Å². The second kappa shape index (κ2) is 10.0. The van der Waals surface area contributed by atoms with Gasteiger partial charge < -0.3 is 16.4 Å². The molecule has 0 bridgehead atoms. The Morgan fingerprint density at radius 2 is 1.76 bits per heavy atom. The van der Waals surface area contributed by atoms with Gasteiger partial charge in [-0.2, -0.15) is 13.2 Å². The van der Waals surface area contributed by atoms with Gasteiger partial charge in [0, 0.05) is 36.3 Å². The van der Waals surface area contributed by atoms with Crippen LogP contribution in [0.25, 0.3) is 0 Å². The van der Waals surface area contributed by atoms with Gasteiger partial charge in [0.25, 0.3) is 5.91 Å². The number of hydrogen-bond acceptors (Lipinski definition) is 5. The fourth-order valence-electron chi connectivity index (χ4n) is 4.71. The lowest BCUT2D eigenvalue weighted by Gasteiger charge is -2.46. The standard InChI is InChI=1S/C24H28F3N5O2/c25-24(26,27)17-4-1-3-16(11-17)23(34)29-12-22(33)30-18-13-32(14-18)19-9-7-15(8-10-19)20-5-2-6-21(28)31-20/h1-6,11,15,18-19H,7-10,12-14H2,(H2,28,31)(H,29,34)(H,30,33)/t15-,19+. The molecule has 1 aromatic heterocycles. The molecule has 10 heteroatoms. The number of alkyl halides is 3. The van der Waals surface area contributed by atoms with Crippen LogP contribution in [0.3, 0.4) is 0 Å². The maximum atomic E-state index is 12.8. The van der Waals surface area contributed by atoms with Gasteiger partial charge in [-0.15, -0.1) is 0 Å². The molecule has 2 heterocycles. The lowest BCUT2D eigenvalue weighted by Crippen LogP contribution is -2.63. The maximum Gasteiger partial charge on any atom is 0.416 e. The lowest BCUT2D eigenvalue weighted by atomic mass is 9.82. The topological polar surface area (TPSA) is 100 Å². The molecule has 4 N–H and O–H groups in total. The Labute approximate surface area is 195 Å². The highest BCUT2D eigenvalue weighted by Crippen LogP contribution is 2.35. The second-order valence-corrected chi connectivity index (χ2v) is 8.97. The number of halogens is 3. The Morgan fingerprint density at radius 1 is 1.06 bits per heavy atom. The molecular formula is C24H28F3N5O2. The number of anilines is 1. The molecule has 2 fully saturated rings. The number of rotatable bonds is 6. The first kappa shape index (κ1) is 24.0. The number of nitrogen functional groups attached to an aromatic ring is 1. The number of carbonyl (C=O) groups is 2. The van der Waals surface area contributed by atoms with Crippen molar-refractivity contribution in [2.45, 2.75) is 49.9 Å². The van der Waals surface area contributed by atoms with E-state index < -0.39 is 17.6 Å². The second-order valence-electron chi connectivity index (χ2n) is 8.97. The molecule has 0 radical (unpaired) electrons. The molecule has 1 aliphatic heterocycles. The van der Waals surface area contributed by atoms with E-state index >= 15 is 0 Å². The van der Waals surface area contributed by atoms with Gasteiger partial charge >= 0.3 is 6.18 Å². The molecule has 1 saturated carbocycles. The number of nitrogens with two attached hydrogens (primary N) is 1. The number of hydrogen-bond donors (Lipinski definition) is 3. The summed E-state index contributed by atoms with van der Waals surface area (Å²) < 4.78 is 38.4. The van der Waals surface area contributed by atoms with Crippen molar-refractivity contribution >= 4 is 17.6 Å². The third-order valence-electron chi connectivity index (χ3n) is 6.56. The third kappa shape index (κ3) is 5.85. The normalized spacial score (nSPS) is 21.5. The van der Waals surface area contributed by atoms with Gasteiger partial charge in [-0.25, -0.2) is 4.98 Å². The number of nitrogens with zero attached hydrogens (tertiary/aromatic N) is 2. The molecule has 2 aliphatic rings. The lowest BCUT2D eigenvalue weighted by molar-refractivity contribution is -0.137. The monoisotopic (exact) mass is 475 g/mol. The molecule has 1 aliphatic carbocycles. The Morgan fingerprint density at radius 3 is 2.44 bits per heavy atom. The summed E-state index contributed by atoms with van der Waals surface area (Å²) in [5, 5.41) is 5.25. The smallest absolute Gasteiger partial charge is 0.384 e. The van der Waals surface area contributed by atoms with E-state index in [1.165, 1.54) is 12.1 Å². The maximum absolute atomic E-state index is 12.8. The van der Waals surface area contributed by atoms with Gasteiger partial charge in [-0.1, -0.05) is 12.1 Å². The average molecular weight is 476 g/mol. The summed E-state index contributed by atoms with van der Waals surface area (Å²) in [4.78, 5) is 31.1. The largest absolute Gasteiger partial charge is 0.416 e. The van der Waals surface area contributed by atoms with Gasteiger partial charge in [0.05, 0.1) is 18.2 Å². The average Bonchev–Trinajstić information content (AvgIpc) is 2.79. The van der Waals surface area contributed by atoms with Crippen LogP contribution in [0, 0.1) is 0 Å². The highest BCUT2D eigenvalue weighted by Gasteiger charge is 2.36. The van der Waals surface area contributed by atoms with Gasteiger partial charge in [-0.3, -0.25) is 14.5 Å². The zero-order valence-corrected chi connectivity index (χ0v) is 18.6. The van der Waals surface area contributed by atoms with Crippen molar-refractivity contribution in [1.29, 1.82) is 0 Å². The van der Waals surface area contributed by atoms with Gasteiger partial charge in [-0.05, 0) is 56.0 Å². The molecular weight excluding hydrogens is 447 g/mol. The number of carbonyl (C=O) groups excluding carboxylic acids is 2. The van der Waals surface area contributed by atoms with Crippen molar-refractivity contribution in [3.8, 4) is 0 Å². The molecule has 34 heavy (non-hydrogen) atoms. The Bertz CT molecular complexity index is 1030. The van der Waals surface area contributed by atoms with Crippen molar-refractivity contribution in [3.63, 3.8) is 0 Å². The number of nitrogens with one attached hydrogen (secondary N) is 2. The first-order valence-electron chi connectivity index (χ1n) is 11.4. The van der Waals surface area contributed by atoms with E-state index in [4.69, 9.17) is 5.73 Å². The molecule has 2 aromatic rings. The molecule has 2 amide bonds. The number of likely N-dealkylation sites (tertiary alicyclic amines) is 1. The van der Waals surface area contributed by atoms with Gasteiger partial charge in [0.2, 0.25) is 5.91 Å². The van der Waals surface area contributed by atoms with Crippen LogP contribution in [0.15, 0.2) is 42.5 Å². The van der Waals surface area contributed by atoms with Gasteiger partial charge in [0.1, 0.15) is 5.82 Å². The van der Waals surface area contributed by atoms with Crippen molar-refractivity contribution in [3.05, 3.63) is 59.3 Å². The molecule has 182 valence electrons. The molecule has 7 nitrogen and oxygen atoms in total. The minimum Gasteiger partial charge on any atom is -0.384 e. The summed E-state index contributed by atoms with van der Waals surface area (Å²) in [7, 11) is 0. The van der Waals surface area contributed by atoms with Crippen LogP contribution < -0.4 is 16.4 Å². The number of amides is 2. The predicted octanol–water partition coefficient (Wildman–Crippen LogP) is 2.94. The minimum absolute atomic E-state index is 0.00581. The van der Waals surface area contributed by atoms with E-state index in [0.29, 0.717) is 17.8 Å². The molecule has 0 spiro atoms. The van der Waals surface area contributed by atoms with E-state index in [0.717, 1.165) is 56.6 Å². The van der Waals surface area contributed by atoms with Crippen molar-refractivity contribution in [2.75, 3.05) is 25.4 Å². The van der Waals surface area contributed by atoms with E-state index in [1.807, 2.05) is 12.1 Å². The highest BCUT2D eigenvalue weighted by atomic mass is 19.4. The molecule has 1 saturated heterocycles. The number of aromatic nitrogens is 1. The van der Waals surface area contributed by atoms with Crippen LogP contribution in [0.5, 0.6) is 0 Å². The Hall–Kier alpha value is -3.14. The summed E-state index contributed by atoms with van der Waals surface area (Å²) in [6.07, 6.45) is -0.300.